The molecule has 0 unspecified atom stereocenters. The SMILES string of the molecule is O=C1CSc2nc(N3CCN(c4ncccn4)CC3)ncc2C1. The second-order valence-corrected chi connectivity index (χ2v) is 6.49. The molecule has 0 aliphatic carbocycles. The summed E-state index contributed by atoms with van der Waals surface area (Å²) in [4.78, 5) is 33.5. The van der Waals surface area contributed by atoms with Gasteiger partial charge >= 0.3 is 0 Å². The molecule has 4 rings (SSSR count). The Morgan fingerprint density at radius 3 is 2.39 bits per heavy atom. The number of anilines is 2. The minimum atomic E-state index is 0.246. The fourth-order valence-electron chi connectivity index (χ4n) is 2.75. The van der Waals surface area contributed by atoms with Crippen molar-refractivity contribution < 1.29 is 4.79 Å². The van der Waals surface area contributed by atoms with Crippen molar-refractivity contribution in [3.8, 4) is 0 Å². The van der Waals surface area contributed by atoms with Gasteiger partial charge in [-0.05, 0) is 6.07 Å². The highest BCUT2D eigenvalue weighted by atomic mass is 32.2. The van der Waals surface area contributed by atoms with Gasteiger partial charge < -0.3 is 9.80 Å². The van der Waals surface area contributed by atoms with Crippen LogP contribution in [-0.4, -0.2) is 57.7 Å². The van der Waals surface area contributed by atoms with E-state index in [1.54, 1.807) is 18.6 Å². The summed E-state index contributed by atoms with van der Waals surface area (Å²) in [6, 6.07) is 1.82. The molecule has 2 aliphatic heterocycles. The van der Waals surface area contributed by atoms with Gasteiger partial charge in [0.05, 0.1) is 5.75 Å². The smallest absolute Gasteiger partial charge is 0.226 e. The molecule has 0 spiro atoms. The Balaban J connectivity index is 1.45. The van der Waals surface area contributed by atoms with Gasteiger partial charge in [-0.3, -0.25) is 4.79 Å². The summed E-state index contributed by atoms with van der Waals surface area (Å²) in [7, 11) is 0. The normalized spacial score (nSPS) is 18.0. The summed E-state index contributed by atoms with van der Waals surface area (Å²) in [5.41, 5.74) is 0.950. The highest BCUT2D eigenvalue weighted by Crippen LogP contribution is 2.27. The van der Waals surface area contributed by atoms with Crippen LogP contribution in [0.4, 0.5) is 11.9 Å². The maximum absolute atomic E-state index is 11.5. The van der Waals surface area contributed by atoms with Crippen LogP contribution < -0.4 is 9.80 Å². The molecule has 0 radical (unpaired) electrons. The van der Waals surface area contributed by atoms with Gasteiger partial charge in [0.2, 0.25) is 11.9 Å². The molecule has 23 heavy (non-hydrogen) atoms. The van der Waals surface area contributed by atoms with Crippen LogP contribution in [0, 0.1) is 0 Å². The molecule has 1 fully saturated rings. The van der Waals surface area contributed by atoms with Gasteiger partial charge in [0, 0.05) is 56.8 Å². The first kappa shape index (κ1) is 14.4. The highest BCUT2D eigenvalue weighted by Gasteiger charge is 2.23. The van der Waals surface area contributed by atoms with Crippen LogP contribution in [0.1, 0.15) is 5.56 Å². The van der Waals surface area contributed by atoms with Crippen molar-refractivity contribution in [3.63, 3.8) is 0 Å². The molecule has 0 N–H and O–H groups in total. The number of carbonyl (C=O) groups excluding carboxylic acids is 1. The fourth-order valence-corrected chi connectivity index (χ4v) is 3.61. The van der Waals surface area contributed by atoms with Gasteiger partial charge in [-0.1, -0.05) is 11.8 Å². The number of Topliss-reactive ketones (excluding diaryl/α,β-unsaturated/α-hetero) is 1. The van der Waals surface area contributed by atoms with E-state index in [1.165, 1.54) is 11.8 Å². The lowest BCUT2D eigenvalue weighted by Gasteiger charge is -2.34. The van der Waals surface area contributed by atoms with Crippen LogP contribution in [0.5, 0.6) is 0 Å². The molecule has 0 atom stereocenters. The van der Waals surface area contributed by atoms with Crippen molar-refractivity contribution in [2.75, 3.05) is 41.7 Å². The minimum absolute atomic E-state index is 0.246. The predicted molar refractivity (Wildman–Crippen MR) is 87.9 cm³/mol. The molecule has 118 valence electrons. The van der Waals surface area contributed by atoms with Gasteiger partial charge in [-0.2, -0.15) is 0 Å². The Kier molecular flexibility index (Phi) is 3.82. The first-order valence-electron chi connectivity index (χ1n) is 7.57. The van der Waals surface area contributed by atoms with Crippen LogP contribution in [0.3, 0.4) is 0 Å². The molecule has 2 aliphatic rings. The average molecular weight is 328 g/mol. The molecular formula is C15H16N6OS. The van der Waals surface area contributed by atoms with E-state index in [0.717, 1.165) is 48.7 Å². The molecule has 0 amide bonds. The van der Waals surface area contributed by atoms with Crippen LogP contribution in [0.2, 0.25) is 0 Å². The third kappa shape index (κ3) is 2.98. The largest absolute Gasteiger partial charge is 0.337 e. The predicted octanol–water partition coefficient (Wildman–Crippen LogP) is 0.810. The monoisotopic (exact) mass is 328 g/mol. The molecule has 8 heteroatoms. The Morgan fingerprint density at radius 1 is 0.957 bits per heavy atom. The van der Waals surface area contributed by atoms with E-state index in [0.29, 0.717) is 12.2 Å². The lowest BCUT2D eigenvalue weighted by molar-refractivity contribution is -0.116. The number of hydrogen-bond acceptors (Lipinski definition) is 8. The number of nitrogens with zero attached hydrogens (tertiary/aromatic N) is 6. The summed E-state index contributed by atoms with van der Waals surface area (Å²) in [6.45, 7) is 3.35. The summed E-state index contributed by atoms with van der Waals surface area (Å²) < 4.78 is 0. The number of rotatable bonds is 2. The van der Waals surface area contributed by atoms with Crippen molar-refractivity contribution in [3.05, 3.63) is 30.2 Å². The molecule has 4 heterocycles. The Hall–Kier alpha value is -2.22. The van der Waals surface area contributed by atoms with E-state index in [4.69, 9.17) is 0 Å². The zero-order valence-electron chi connectivity index (χ0n) is 12.6. The molecule has 1 saturated heterocycles. The second kappa shape index (κ2) is 6.11. The number of aromatic nitrogens is 4. The highest BCUT2D eigenvalue weighted by molar-refractivity contribution is 8.00. The minimum Gasteiger partial charge on any atom is -0.337 e. The van der Waals surface area contributed by atoms with E-state index in [2.05, 4.69) is 29.7 Å². The second-order valence-electron chi connectivity index (χ2n) is 5.53. The van der Waals surface area contributed by atoms with Gasteiger partial charge in [0.15, 0.2) is 0 Å². The quantitative estimate of drug-likeness (QED) is 0.750. The number of thioether (sulfide) groups is 1. The van der Waals surface area contributed by atoms with E-state index >= 15 is 0 Å². The Bertz CT molecular complexity index is 717. The summed E-state index contributed by atoms with van der Waals surface area (Å²) >= 11 is 1.51. The number of fused-ring (bicyclic) bond motifs is 1. The van der Waals surface area contributed by atoms with Crippen molar-refractivity contribution in [2.24, 2.45) is 0 Å². The van der Waals surface area contributed by atoms with Gasteiger partial charge in [0.1, 0.15) is 10.8 Å². The molecular weight excluding hydrogens is 312 g/mol. The van der Waals surface area contributed by atoms with E-state index in [-0.39, 0.29) is 5.78 Å². The molecule has 0 saturated carbocycles. The van der Waals surface area contributed by atoms with Crippen molar-refractivity contribution >= 4 is 29.4 Å². The molecule has 0 aromatic carbocycles. The summed E-state index contributed by atoms with van der Waals surface area (Å²) in [6.07, 6.45) is 5.79. The lowest BCUT2D eigenvalue weighted by atomic mass is 10.2. The molecule has 2 aromatic heterocycles. The Labute approximate surface area is 138 Å². The van der Waals surface area contributed by atoms with E-state index in [9.17, 15) is 4.79 Å². The fraction of sp³-hybridized carbons (Fsp3) is 0.400. The van der Waals surface area contributed by atoms with Crippen molar-refractivity contribution in [1.82, 2.24) is 19.9 Å². The zero-order valence-corrected chi connectivity index (χ0v) is 13.4. The van der Waals surface area contributed by atoms with Crippen LogP contribution in [0.15, 0.2) is 29.7 Å². The van der Waals surface area contributed by atoms with E-state index < -0.39 is 0 Å². The van der Waals surface area contributed by atoms with E-state index in [1.807, 2.05) is 6.07 Å². The maximum Gasteiger partial charge on any atom is 0.226 e. The van der Waals surface area contributed by atoms with Gasteiger partial charge in [-0.15, -0.1) is 0 Å². The van der Waals surface area contributed by atoms with Crippen molar-refractivity contribution in [1.29, 1.82) is 0 Å². The molecule has 7 nitrogen and oxygen atoms in total. The number of ketones is 1. The topological polar surface area (TPSA) is 75.1 Å². The van der Waals surface area contributed by atoms with Crippen LogP contribution >= 0.6 is 11.8 Å². The number of piperazine rings is 1. The molecule has 0 bridgehead atoms. The molecule has 2 aromatic rings. The standard InChI is InChI=1S/C15H16N6OS/c22-12-8-11-9-18-15(19-13(11)23-10-12)21-6-4-20(5-7-21)14-16-2-1-3-17-14/h1-3,9H,4-8,10H2. The summed E-state index contributed by atoms with van der Waals surface area (Å²) in [5.74, 6) is 2.28. The zero-order chi connectivity index (χ0) is 15.6. The van der Waals surface area contributed by atoms with Gasteiger partial charge in [-0.25, -0.2) is 19.9 Å². The lowest BCUT2D eigenvalue weighted by Crippen LogP contribution is -2.47. The summed E-state index contributed by atoms with van der Waals surface area (Å²) in [5, 5.41) is 0.948. The van der Waals surface area contributed by atoms with Crippen molar-refractivity contribution in [2.45, 2.75) is 11.4 Å². The third-order valence-corrected chi connectivity index (χ3v) is 5.06. The first-order chi connectivity index (χ1) is 11.3. The van der Waals surface area contributed by atoms with Crippen LogP contribution in [-0.2, 0) is 11.2 Å². The number of carbonyl (C=O) groups is 1. The number of hydrogen-bond donors (Lipinski definition) is 0. The Morgan fingerprint density at radius 2 is 1.65 bits per heavy atom. The van der Waals surface area contributed by atoms with Gasteiger partial charge in [0.25, 0.3) is 0 Å². The average Bonchev–Trinajstić information content (AvgIpc) is 2.62. The van der Waals surface area contributed by atoms with Crippen LogP contribution in [0.25, 0.3) is 0 Å². The third-order valence-electron chi connectivity index (χ3n) is 3.97. The maximum atomic E-state index is 11.5. The first-order valence-corrected chi connectivity index (χ1v) is 8.55.